The lowest BCUT2D eigenvalue weighted by Gasteiger charge is -2.23. The number of likely N-dealkylation sites (tertiary alicyclic amines) is 1. The molecule has 2 heterocycles. The molecule has 0 aromatic carbocycles. The maximum atomic E-state index is 10.7. The van der Waals surface area contributed by atoms with Gasteiger partial charge >= 0.3 is 0 Å². The topological polar surface area (TPSA) is 36.4 Å². The summed E-state index contributed by atoms with van der Waals surface area (Å²) in [5, 5.41) is 0. The Labute approximate surface area is 109 Å². The van der Waals surface area contributed by atoms with E-state index in [9.17, 15) is 4.79 Å². The SMILES string of the molecule is Cc1cc(C=O)cnc1N(C)CCN1CCCC1. The van der Waals surface area contributed by atoms with Crippen molar-refractivity contribution in [1.29, 1.82) is 0 Å². The first kappa shape index (κ1) is 13.0. The fourth-order valence-electron chi connectivity index (χ4n) is 2.46. The third-order valence-corrected chi connectivity index (χ3v) is 3.52. The number of rotatable bonds is 5. The first-order valence-electron chi connectivity index (χ1n) is 6.56. The number of nitrogens with zero attached hydrogens (tertiary/aromatic N) is 3. The van der Waals surface area contributed by atoms with Crippen molar-refractivity contribution in [2.75, 3.05) is 38.1 Å². The predicted octanol–water partition coefficient (Wildman–Crippen LogP) is 1.73. The Morgan fingerprint density at radius 1 is 1.44 bits per heavy atom. The third-order valence-electron chi connectivity index (χ3n) is 3.52. The van der Waals surface area contributed by atoms with Gasteiger partial charge in [0.05, 0.1) is 0 Å². The van der Waals surface area contributed by atoms with E-state index >= 15 is 0 Å². The zero-order valence-corrected chi connectivity index (χ0v) is 11.2. The van der Waals surface area contributed by atoms with Crippen molar-refractivity contribution < 1.29 is 4.79 Å². The van der Waals surface area contributed by atoms with Crippen LogP contribution in [-0.2, 0) is 0 Å². The van der Waals surface area contributed by atoms with Gasteiger partial charge in [0.15, 0.2) is 6.29 Å². The molecular formula is C14H21N3O. The molecule has 0 unspecified atom stereocenters. The Morgan fingerprint density at radius 2 is 2.17 bits per heavy atom. The highest BCUT2D eigenvalue weighted by Gasteiger charge is 2.13. The average Bonchev–Trinajstić information content (AvgIpc) is 2.88. The second-order valence-electron chi connectivity index (χ2n) is 5.00. The van der Waals surface area contributed by atoms with Gasteiger partial charge in [-0.3, -0.25) is 4.79 Å². The average molecular weight is 247 g/mol. The Bertz CT molecular complexity index is 414. The van der Waals surface area contributed by atoms with E-state index in [1.807, 2.05) is 13.0 Å². The van der Waals surface area contributed by atoms with Crippen LogP contribution in [-0.4, -0.2) is 49.4 Å². The smallest absolute Gasteiger partial charge is 0.151 e. The molecule has 1 aliphatic heterocycles. The van der Waals surface area contributed by atoms with Crippen molar-refractivity contribution in [2.24, 2.45) is 0 Å². The van der Waals surface area contributed by atoms with Crippen LogP contribution in [0, 0.1) is 6.92 Å². The molecule has 0 radical (unpaired) electrons. The van der Waals surface area contributed by atoms with Crippen LogP contribution in [0.25, 0.3) is 0 Å². The van der Waals surface area contributed by atoms with E-state index in [1.165, 1.54) is 25.9 Å². The van der Waals surface area contributed by atoms with Crippen LogP contribution in [0.2, 0.25) is 0 Å². The highest BCUT2D eigenvalue weighted by atomic mass is 16.1. The van der Waals surface area contributed by atoms with Gasteiger partial charge in [-0.05, 0) is 44.5 Å². The zero-order valence-electron chi connectivity index (χ0n) is 11.2. The highest BCUT2D eigenvalue weighted by molar-refractivity contribution is 5.75. The molecule has 18 heavy (non-hydrogen) atoms. The summed E-state index contributed by atoms with van der Waals surface area (Å²) in [6.07, 6.45) is 5.14. The monoisotopic (exact) mass is 247 g/mol. The number of carbonyl (C=O) groups is 1. The van der Waals surface area contributed by atoms with Crippen molar-refractivity contribution in [2.45, 2.75) is 19.8 Å². The van der Waals surface area contributed by atoms with Gasteiger partial charge in [0.1, 0.15) is 5.82 Å². The van der Waals surface area contributed by atoms with E-state index in [1.54, 1.807) is 6.20 Å². The molecule has 2 rings (SSSR count). The summed E-state index contributed by atoms with van der Waals surface area (Å²) in [7, 11) is 2.06. The molecule has 1 aliphatic rings. The Hall–Kier alpha value is -1.42. The van der Waals surface area contributed by atoms with Gasteiger partial charge in [-0.2, -0.15) is 0 Å². The molecule has 1 aromatic rings. The number of carbonyl (C=O) groups excluding carboxylic acids is 1. The zero-order chi connectivity index (χ0) is 13.0. The lowest BCUT2D eigenvalue weighted by Crippen LogP contribution is -2.32. The summed E-state index contributed by atoms with van der Waals surface area (Å²) in [4.78, 5) is 19.7. The van der Waals surface area contributed by atoms with E-state index in [0.717, 1.165) is 30.8 Å². The number of likely N-dealkylation sites (N-methyl/N-ethyl adjacent to an activating group) is 1. The summed E-state index contributed by atoms with van der Waals surface area (Å²) >= 11 is 0. The molecule has 0 bridgehead atoms. The molecule has 4 nitrogen and oxygen atoms in total. The number of aldehydes is 1. The number of hydrogen-bond donors (Lipinski definition) is 0. The Morgan fingerprint density at radius 3 is 2.78 bits per heavy atom. The number of pyridine rings is 1. The van der Waals surface area contributed by atoms with Crippen LogP contribution in [0.5, 0.6) is 0 Å². The number of hydrogen-bond acceptors (Lipinski definition) is 4. The van der Waals surface area contributed by atoms with E-state index in [2.05, 4.69) is 21.8 Å². The lowest BCUT2D eigenvalue weighted by molar-refractivity contribution is 0.112. The van der Waals surface area contributed by atoms with Crippen LogP contribution in [0.15, 0.2) is 12.3 Å². The van der Waals surface area contributed by atoms with Crippen LogP contribution < -0.4 is 4.90 Å². The molecule has 4 heteroatoms. The fraction of sp³-hybridized carbons (Fsp3) is 0.571. The van der Waals surface area contributed by atoms with Crippen molar-refractivity contribution in [1.82, 2.24) is 9.88 Å². The summed E-state index contributed by atoms with van der Waals surface area (Å²) in [5.74, 6) is 0.972. The molecule has 0 atom stereocenters. The molecule has 0 N–H and O–H groups in total. The molecule has 1 fully saturated rings. The second kappa shape index (κ2) is 5.96. The standard InChI is InChI=1S/C14H21N3O/c1-12-9-13(11-18)10-15-14(12)16(2)7-8-17-5-3-4-6-17/h9-11H,3-8H2,1-2H3. The summed E-state index contributed by atoms with van der Waals surface area (Å²) in [6.45, 7) is 6.53. The second-order valence-corrected chi connectivity index (χ2v) is 5.00. The van der Waals surface area contributed by atoms with Gasteiger partial charge in [0, 0.05) is 31.9 Å². The number of anilines is 1. The van der Waals surface area contributed by atoms with Crippen molar-refractivity contribution >= 4 is 12.1 Å². The molecule has 0 amide bonds. The first-order valence-corrected chi connectivity index (χ1v) is 6.56. The minimum Gasteiger partial charge on any atom is -0.358 e. The maximum Gasteiger partial charge on any atom is 0.151 e. The first-order chi connectivity index (χ1) is 8.70. The Balaban J connectivity index is 1.95. The lowest BCUT2D eigenvalue weighted by atomic mass is 10.2. The third kappa shape index (κ3) is 3.07. The molecular weight excluding hydrogens is 226 g/mol. The largest absolute Gasteiger partial charge is 0.358 e. The van der Waals surface area contributed by atoms with Gasteiger partial charge in [-0.1, -0.05) is 0 Å². The Kier molecular flexibility index (Phi) is 4.31. The van der Waals surface area contributed by atoms with Gasteiger partial charge < -0.3 is 9.80 Å². The molecule has 1 saturated heterocycles. The normalized spacial score (nSPS) is 15.9. The highest BCUT2D eigenvalue weighted by Crippen LogP contribution is 2.16. The molecule has 0 aliphatic carbocycles. The summed E-state index contributed by atoms with van der Waals surface area (Å²) in [5.41, 5.74) is 1.70. The van der Waals surface area contributed by atoms with E-state index in [0.29, 0.717) is 5.56 Å². The molecule has 0 saturated carbocycles. The van der Waals surface area contributed by atoms with Gasteiger partial charge in [-0.15, -0.1) is 0 Å². The van der Waals surface area contributed by atoms with Gasteiger partial charge in [0.25, 0.3) is 0 Å². The molecule has 0 spiro atoms. The van der Waals surface area contributed by atoms with Crippen LogP contribution in [0.3, 0.4) is 0 Å². The number of aromatic nitrogens is 1. The molecule has 98 valence electrons. The van der Waals surface area contributed by atoms with Crippen LogP contribution in [0.4, 0.5) is 5.82 Å². The fourth-order valence-corrected chi connectivity index (χ4v) is 2.46. The maximum absolute atomic E-state index is 10.7. The number of aryl methyl sites for hydroxylation is 1. The molecule has 1 aromatic heterocycles. The minimum absolute atomic E-state index is 0.643. The van der Waals surface area contributed by atoms with Crippen LogP contribution >= 0.6 is 0 Å². The predicted molar refractivity (Wildman–Crippen MR) is 73.3 cm³/mol. The quantitative estimate of drug-likeness (QED) is 0.743. The van der Waals surface area contributed by atoms with Crippen molar-refractivity contribution in [3.8, 4) is 0 Å². The van der Waals surface area contributed by atoms with E-state index in [-0.39, 0.29) is 0 Å². The van der Waals surface area contributed by atoms with Gasteiger partial charge in [-0.25, -0.2) is 4.98 Å². The summed E-state index contributed by atoms with van der Waals surface area (Å²) in [6, 6.07) is 1.89. The van der Waals surface area contributed by atoms with E-state index < -0.39 is 0 Å². The summed E-state index contributed by atoms with van der Waals surface area (Å²) < 4.78 is 0. The van der Waals surface area contributed by atoms with Crippen molar-refractivity contribution in [3.63, 3.8) is 0 Å². The van der Waals surface area contributed by atoms with Crippen molar-refractivity contribution in [3.05, 3.63) is 23.4 Å². The minimum atomic E-state index is 0.643. The van der Waals surface area contributed by atoms with Gasteiger partial charge in [0.2, 0.25) is 0 Å². The van der Waals surface area contributed by atoms with E-state index in [4.69, 9.17) is 0 Å². The van der Waals surface area contributed by atoms with Crippen LogP contribution in [0.1, 0.15) is 28.8 Å².